The lowest BCUT2D eigenvalue weighted by molar-refractivity contribution is 0.00952. The van der Waals surface area contributed by atoms with Gasteiger partial charge in [-0.2, -0.15) is 0 Å². The van der Waals surface area contributed by atoms with E-state index in [0.717, 1.165) is 5.56 Å². The molecule has 84 valence electrons. The summed E-state index contributed by atoms with van der Waals surface area (Å²) < 4.78 is 0. The molecule has 1 rings (SSSR count). The lowest BCUT2D eigenvalue weighted by atomic mass is 9.94. The molecule has 3 atom stereocenters. The Morgan fingerprint density at radius 3 is 2.60 bits per heavy atom. The van der Waals surface area contributed by atoms with E-state index < -0.39 is 12.2 Å². The summed E-state index contributed by atoms with van der Waals surface area (Å²) in [4.78, 5) is 4.03. The fraction of sp³-hybridized carbons (Fsp3) is 0.583. The van der Waals surface area contributed by atoms with Crippen LogP contribution in [0.5, 0.6) is 0 Å². The van der Waals surface area contributed by atoms with Crippen LogP contribution in [0.25, 0.3) is 0 Å². The van der Waals surface area contributed by atoms with E-state index in [1.165, 1.54) is 0 Å². The van der Waals surface area contributed by atoms with E-state index in [1.807, 2.05) is 26.0 Å². The molecular weight excluding hydrogens is 190 g/mol. The van der Waals surface area contributed by atoms with Gasteiger partial charge < -0.3 is 10.2 Å². The molecule has 3 heteroatoms. The third kappa shape index (κ3) is 3.61. The van der Waals surface area contributed by atoms with Crippen molar-refractivity contribution in [3.8, 4) is 0 Å². The molecule has 15 heavy (non-hydrogen) atoms. The van der Waals surface area contributed by atoms with Crippen molar-refractivity contribution < 1.29 is 10.2 Å². The zero-order valence-electron chi connectivity index (χ0n) is 9.30. The molecule has 0 saturated carbocycles. The first-order valence-electron chi connectivity index (χ1n) is 5.41. The highest BCUT2D eigenvalue weighted by Crippen LogP contribution is 2.21. The van der Waals surface area contributed by atoms with Gasteiger partial charge in [0.2, 0.25) is 0 Å². The molecule has 0 saturated heterocycles. The third-order valence-corrected chi connectivity index (χ3v) is 2.71. The molecule has 3 unspecified atom stereocenters. The number of aliphatic hydroxyl groups excluding tert-OH is 2. The minimum absolute atomic E-state index is 0.217. The molecule has 0 fully saturated rings. The summed E-state index contributed by atoms with van der Waals surface area (Å²) in [5, 5.41) is 19.1. The highest BCUT2D eigenvalue weighted by atomic mass is 16.3. The molecule has 1 aromatic heterocycles. The Balaban J connectivity index is 2.52. The van der Waals surface area contributed by atoms with Crippen molar-refractivity contribution in [3.63, 3.8) is 0 Å². The van der Waals surface area contributed by atoms with Crippen molar-refractivity contribution in [2.75, 3.05) is 0 Å². The van der Waals surface area contributed by atoms with Gasteiger partial charge >= 0.3 is 0 Å². The Labute approximate surface area is 90.8 Å². The number of rotatable bonds is 5. The largest absolute Gasteiger partial charge is 0.390 e. The predicted octanol–water partition coefficient (Wildman–Crippen LogP) is 1.71. The van der Waals surface area contributed by atoms with Crippen LogP contribution in [0.2, 0.25) is 0 Å². The molecule has 0 amide bonds. The number of aliphatic hydroxyl groups is 2. The van der Waals surface area contributed by atoms with Gasteiger partial charge in [0.05, 0.1) is 12.2 Å². The molecule has 0 aromatic carbocycles. The minimum Gasteiger partial charge on any atom is -0.390 e. The number of hydrogen-bond donors (Lipinski definition) is 2. The fourth-order valence-corrected chi connectivity index (χ4v) is 1.59. The summed E-state index contributed by atoms with van der Waals surface area (Å²) in [5.41, 5.74) is 1.10. The van der Waals surface area contributed by atoms with Crippen molar-refractivity contribution in [1.82, 2.24) is 4.98 Å². The average Bonchev–Trinajstić information content (AvgIpc) is 2.29. The van der Waals surface area contributed by atoms with E-state index in [4.69, 9.17) is 0 Å². The molecule has 3 nitrogen and oxygen atoms in total. The van der Waals surface area contributed by atoms with Gasteiger partial charge in [-0.3, -0.25) is 4.98 Å². The van der Waals surface area contributed by atoms with Crippen molar-refractivity contribution in [2.24, 2.45) is 0 Å². The van der Waals surface area contributed by atoms with Crippen molar-refractivity contribution in [2.45, 2.75) is 44.8 Å². The third-order valence-electron chi connectivity index (χ3n) is 2.71. The first kappa shape index (κ1) is 12.1. The minimum atomic E-state index is -0.648. The monoisotopic (exact) mass is 209 g/mol. The van der Waals surface area contributed by atoms with Crippen molar-refractivity contribution >= 4 is 0 Å². The van der Waals surface area contributed by atoms with E-state index in [9.17, 15) is 10.2 Å². The van der Waals surface area contributed by atoms with E-state index in [1.54, 1.807) is 12.4 Å². The highest BCUT2D eigenvalue weighted by molar-refractivity contribution is 5.13. The van der Waals surface area contributed by atoms with Crippen LogP contribution in [-0.2, 0) is 0 Å². The van der Waals surface area contributed by atoms with Crippen LogP contribution in [-0.4, -0.2) is 27.4 Å². The zero-order valence-corrected chi connectivity index (χ0v) is 9.30. The van der Waals surface area contributed by atoms with E-state index in [2.05, 4.69) is 4.98 Å². The van der Waals surface area contributed by atoms with Crippen LogP contribution in [0, 0.1) is 0 Å². The maximum Gasteiger partial charge on any atom is 0.0804 e. The maximum absolute atomic E-state index is 9.68. The lowest BCUT2D eigenvalue weighted by Crippen LogP contribution is -2.26. The quantitative estimate of drug-likeness (QED) is 0.776. The van der Waals surface area contributed by atoms with Gasteiger partial charge in [0.25, 0.3) is 0 Å². The summed E-state index contributed by atoms with van der Waals surface area (Å²) in [5.74, 6) is 0.217. The summed E-state index contributed by atoms with van der Waals surface area (Å²) >= 11 is 0. The van der Waals surface area contributed by atoms with Gasteiger partial charge in [-0.1, -0.05) is 19.9 Å². The summed E-state index contributed by atoms with van der Waals surface area (Å²) in [7, 11) is 0. The second-order valence-corrected chi connectivity index (χ2v) is 3.97. The van der Waals surface area contributed by atoms with Crippen LogP contribution in [0.4, 0.5) is 0 Å². The molecule has 1 heterocycles. The van der Waals surface area contributed by atoms with Gasteiger partial charge in [0, 0.05) is 12.4 Å². The number of aromatic nitrogens is 1. The SMILES string of the molecule is CCC(O)C(O)CC(C)c1cccnc1. The van der Waals surface area contributed by atoms with Crippen LogP contribution >= 0.6 is 0 Å². The lowest BCUT2D eigenvalue weighted by Gasteiger charge is -2.20. The Bertz CT molecular complexity index is 276. The van der Waals surface area contributed by atoms with E-state index >= 15 is 0 Å². The average molecular weight is 209 g/mol. The van der Waals surface area contributed by atoms with Crippen LogP contribution in [0.15, 0.2) is 24.5 Å². The normalized spacial score (nSPS) is 17.1. The Hall–Kier alpha value is -0.930. The predicted molar refractivity (Wildman–Crippen MR) is 59.6 cm³/mol. The number of hydrogen-bond acceptors (Lipinski definition) is 3. The Morgan fingerprint density at radius 2 is 2.07 bits per heavy atom. The van der Waals surface area contributed by atoms with Crippen molar-refractivity contribution in [1.29, 1.82) is 0 Å². The number of nitrogens with zero attached hydrogens (tertiary/aromatic N) is 1. The van der Waals surface area contributed by atoms with E-state index in [0.29, 0.717) is 12.8 Å². The molecular formula is C12H19NO2. The molecule has 2 N–H and O–H groups in total. The Kier molecular flexibility index (Phi) is 4.72. The van der Waals surface area contributed by atoms with Crippen LogP contribution < -0.4 is 0 Å². The van der Waals surface area contributed by atoms with Crippen LogP contribution in [0.1, 0.15) is 38.2 Å². The summed E-state index contributed by atoms with van der Waals surface area (Å²) in [6, 6.07) is 3.87. The summed E-state index contributed by atoms with van der Waals surface area (Å²) in [6.07, 6.45) is 3.42. The van der Waals surface area contributed by atoms with Gasteiger partial charge in [-0.05, 0) is 30.4 Å². The Morgan fingerprint density at radius 1 is 1.33 bits per heavy atom. The standard InChI is InChI=1S/C12H19NO2/c1-3-11(14)12(15)7-9(2)10-5-4-6-13-8-10/h4-6,8-9,11-12,14-15H,3,7H2,1-2H3. The zero-order chi connectivity index (χ0) is 11.3. The van der Waals surface area contributed by atoms with Gasteiger partial charge in [0.15, 0.2) is 0 Å². The van der Waals surface area contributed by atoms with Gasteiger partial charge in [-0.15, -0.1) is 0 Å². The molecule has 1 aromatic rings. The maximum atomic E-state index is 9.68. The first-order chi connectivity index (χ1) is 7.15. The van der Waals surface area contributed by atoms with Gasteiger partial charge in [0.1, 0.15) is 0 Å². The number of pyridine rings is 1. The first-order valence-corrected chi connectivity index (χ1v) is 5.41. The molecule has 0 aliphatic carbocycles. The molecule has 0 radical (unpaired) electrons. The fourth-order valence-electron chi connectivity index (χ4n) is 1.59. The molecule has 0 aliphatic rings. The second-order valence-electron chi connectivity index (χ2n) is 3.97. The molecule has 0 bridgehead atoms. The van der Waals surface area contributed by atoms with Crippen LogP contribution in [0.3, 0.4) is 0 Å². The smallest absolute Gasteiger partial charge is 0.0804 e. The van der Waals surface area contributed by atoms with E-state index in [-0.39, 0.29) is 5.92 Å². The van der Waals surface area contributed by atoms with Gasteiger partial charge in [-0.25, -0.2) is 0 Å². The van der Waals surface area contributed by atoms with Crippen molar-refractivity contribution in [3.05, 3.63) is 30.1 Å². The molecule has 0 aliphatic heterocycles. The second kappa shape index (κ2) is 5.83. The topological polar surface area (TPSA) is 53.4 Å². The summed E-state index contributed by atoms with van der Waals surface area (Å²) in [6.45, 7) is 3.89. The highest BCUT2D eigenvalue weighted by Gasteiger charge is 2.18. The molecule has 0 spiro atoms.